The molecule has 1 N–H and O–H groups in total. The molecule has 0 radical (unpaired) electrons. The Balaban J connectivity index is 2.07. The van der Waals surface area contributed by atoms with Crippen LogP contribution < -0.4 is 0 Å². The van der Waals surface area contributed by atoms with Gasteiger partial charge in [0, 0.05) is 0 Å². The van der Waals surface area contributed by atoms with E-state index < -0.39 is 30.5 Å². The van der Waals surface area contributed by atoms with Crippen LogP contribution in [0.5, 0.6) is 0 Å². The third kappa shape index (κ3) is 1.46. The first kappa shape index (κ1) is 9.33. The fourth-order valence-corrected chi connectivity index (χ4v) is 1.68. The van der Waals surface area contributed by atoms with Gasteiger partial charge in [-0.1, -0.05) is 0 Å². The molecule has 0 saturated carbocycles. The van der Waals surface area contributed by atoms with Crippen molar-refractivity contribution in [1.29, 1.82) is 0 Å². The van der Waals surface area contributed by atoms with Crippen LogP contribution in [0.4, 0.5) is 4.39 Å². The molecule has 0 bridgehead atoms. The summed E-state index contributed by atoms with van der Waals surface area (Å²) in [6.45, 7) is 3.06. The quantitative estimate of drug-likeness (QED) is 0.644. The molecule has 76 valence electrons. The van der Waals surface area contributed by atoms with E-state index in [0.717, 1.165) is 0 Å². The number of halogens is 1. The van der Waals surface area contributed by atoms with Crippen LogP contribution in [0.25, 0.3) is 0 Å². The molecular weight excluding hydrogens is 179 g/mol. The van der Waals surface area contributed by atoms with Gasteiger partial charge in [0.05, 0.1) is 6.61 Å². The molecule has 5 heteroatoms. The van der Waals surface area contributed by atoms with Gasteiger partial charge in [0.1, 0.15) is 12.2 Å². The van der Waals surface area contributed by atoms with Crippen LogP contribution in [0.2, 0.25) is 0 Å². The highest BCUT2D eigenvalue weighted by Crippen LogP contribution is 2.38. The molecule has 2 rings (SSSR count). The Kier molecular flexibility index (Phi) is 2.07. The molecule has 4 nitrogen and oxygen atoms in total. The fraction of sp³-hybridized carbons (Fsp3) is 1.00. The van der Waals surface area contributed by atoms with Gasteiger partial charge in [0.15, 0.2) is 18.2 Å². The Bertz CT molecular complexity index is 208. The van der Waals surface area contributed by atoms with Crippen LogP contribution in [0, 0.1) is 0 Å². The minimum atomic E-state index is -1.31. The molecule has 0 aromatic heterocycles. The van der Waals surface area contributed by atoms with Crippen molar-refractivity contribution in [3.8, 4) is 0 Å². The maximum Gasteiger partial charge on any atom is 0.190 e. The summed E-state index contributed by atoms with van der Waals surface area (Å²) in [6.07, 6.45) is -3.50. The Hall–Kier alpha value is -0.230. The lowest BCUT2D eigenvalue weighted by Gasteiger charge is -2.20. The molecule has 2 aliphatic heterocycles. The zero-order valence-electron chi connectivity index (χ0n) is 7.57. The Morgan fingerprint density at radius 1 is 1.38 bits per heavy atom. The van der Waals surface area contributed by atoms with Crippen molar-refractivity contribution in [3.63, 3.8) is 0 Å². The second-order valence-electron chi connectivity index (χ2n) is 3.77. The van der Waals surface area contributed by atoms with Gasteiger partial charge < -0.3 is 19.3 Å². The van der Waals surface area contributed by atoms with E-state index in [1.54, 1.807) is 13.8 Å². The van der Waals surface area contributed by atoms with Crippen molar-refractivity contribution in [2.24, 2.45) is 0 Å². The highest BCUT2D eigenvalue weighted by molar-refractivity contribution is 4.92. The van der Waals surface area contributed by atoms with Gasteiger partial charge in [-0.15, -0.1) is 0 Å². The van der Waals surface area contributed by atoms with Crippen molar-refractivity contribution < 1.29 is 23.7 Å². The summed E-state index contributed by atoms with van der Waals surface area (Å²) in [7, 11) is 0. The van der Waals surface area contributed by atoms with E-state index in [-0.39, 0.29) is 6.61 Å². The smallest absolute Gasteiger partial charge is 0.190 e. The maximum atomic E-state index is 13.4. The third-order valence-electron chi connectivity index (χ3n) is 2.25. The van der Waals surface area contributed by atoms with Crippen LogP contribution in [-0.2, 0) is 14.2 Å². The van der Waals surface area contributed by atoms with E-state index >= 15 is 0 Å². The number of hydrogen-bond donors (Lipinski definition) is 1. The van der Waals surface area contributed by atoms with E-state index in [4.69, 9.17) is 19.3 Å². The highest BCUT2D eigenvalue weighted by atomic mass is 19.1. The largest absolute Gasteiger partial charge is 0.394 e. The van der Waals surface area contributed by atoms with E-state index in [1.165, 1.54) is 0 Å². The van der Waals surface area contributed by atoms with Crippen LogP contribution >= 0.6 is 0 Å². The monoisotopic (exact) mass is 192 g/mol. The van der Waals surface area contributed by atoms with Gasteiger partial charge in [-0.05, 0) is 13.8 Å². The van der Waals surface area contributed by atoms with Crippen molar-refractivity contribution in [3.05, 3.63) is 0 Å². The van der Waals surface area contributed by atoms with E-state index in [1.807, 2.05) is 0 Å². The highest BCUT2D eigenvalue weighted by Gasteiger charge is 2.54. The van der Waals surface area contributed by atoms with Crippen LogP contribution in [0.3, 0.4) is 0 Å². The molecule has 2 heterocycles. The number of hydrogen-bond acceptors (Lipinski definition) is 4. The topological polar surface area (TPSA) is 47.9 Å². The van der Waals surface area contributed by atoms with Gasteiger partial charge in [-0.3, -0.25) is 0 Å². The molecule has 0 aliphatic carbocycles. The molecule has 2 fully saturated rings. The SMILES string of the molecule is CC1(C)OC2C(F)[C@@H](CO)O[C@@H]2O1. The lowest BCUT2D eigenvalue weighted by molar-refractivity contribution is -0.214. The van der Waals surface area contributed by atoms with E-state index in [2.05, 4.69) is 0 Å². The molecule has 13 heavy (non-hydrogen) atoms. The second-order valence-corrected chi connectivity index (χ2v) is 3.77. The standard InChI is InChI=1S/C8H13FO4/c1-8(2)12-6-5(9)4(3-10)11-7(6)13-8/h4-7,10H,3H2,1-2H3/t4-,5?,6?,7-/m1/s1. The first-order valence-corrected chi connectivity index (χ1v) is 4.29. The fourth-order valence-electron chi connectivity index (χ4n) is 1.68. The average molecular weight is 192 g/mol. The van der Waals surface area contributed by atoms with E-state index in [9.17, 15) is 4.39 Å². The number of aliphatic hydroxyl groups is 1. The number of ether oxygens (including phenoxy) is 3. The summed E-state index contributed by atoms with van der Waals surface area (Å²) in [6, 6.07) is 0. The van der Waals surface area contributed by atoms with Gasteiger partial charge in [-0.25, -0.2) is 4.39 Å². The van der Waals surface area contributed by atoms with Crippen molar-refractivity contribution in [2.45, 2.75) is 44.3 Å². The molecule has 0 aromatic rings. The molecule has 4 atom stereocenters. The molecule has 0 aromatic carbocycles. The summed E-state index contributed by atoms with van der Waals surface area (Å²) in [5, 5.41) is 8.75. The molecule has 2 saturated heterocycles. The van der Waals surface area contributed by atoms with Crippen molar-refractivity contribution in [1.82, 2.24) is 0 Å². The minimum absolute atomic E-state index is 0.346. The summed E-state index contributed by atoms with van der Waals surface area (Å²) in [5.41, 5.74) is 0. The zero-order valence-corrected chi connectivity index (χ0v) is 7.57. The summed E-state index contributed by atoms with van der Waals surface area (Å²) in [5.74, 6) is -0.792. The Morgan fingerprint density at radius 3 is 2.62 bits per heavy atom. The van der Waals surface area contributed by atoms with Crippen LogP contribution in [0.15, 0.2) is 0 Å². The maximum absolute atomic E-state index is 13.4. The minimum Gasteiger partial charge on any atom is -0.394 e. The number of aliphatic hydroxyl groups excluding tert-OH is 1. The average Bonchev–Trinajstić information content (AvgIpc) is 2.47. The number of alkyl halides is 1. The number of rotatable bonds is 1. The van der Waals surface area contributed by atoms with Crippen molar-refractivity contribution >= 4 is 0 Å². The molecular formula is C8H13FO4. The molecule has 0 spiro atoms. The second kappa shape index (κ2) is 2.88. The van der Waals surface area contributed by atoms with Crippen LogP contribution in [-0.4, -0.2) is 42.2 Å². The first-order valence-electron chi connectivity index (χ1n) is 4.29. The van der Waals surface area contributed by atoms with Crippen LogP contribution in [0.1, 0.15) is 13.8 Å². The third-order valence-corrected chi connectivity index (χ3v) is 2.25. The summed E-state index contributed by atoms with van der Waals surface area (Å²) < 4.78 is 29.1. The first-order chi connectivity index (χ1) is 6.03. The normalized spacial score (nSPS) is 48.0. The molecule has 2 aliphatic rings. The predicted octanol–water partition coefficient (Wildman–Crippen LogP) is 0.193. The van der Waals surface area contributed by atoms with Gasteiger partial charge in [-0.2, -0.15) is 0 Å². The summed E-state index contributed by atoms with van der Waals surface area (Å²) >= 11 is 0. The Morgan fingerprint density at radius 2 is 2.08 bits per heavy atom. The molecule has 0 amide bonds. The molecule has 2 unspecified atom stereocenters. The van der Waals surface area contributed by atoms with Gasteiger partial charge in [0.25, 0.3) is 0 Å². The lowest BCUT2D eigenvalue weighted by Crippen LogP contribution is -2.33. The van der Waals surface area contributed by atoms with E-state index in [0.29, 0.717) is 0 Å². The van der Waals surface area contributed by atoms with Crippen molar-refractivity contribution in [2.75, 3.05) is 6.61 Å². The number of fused-ring (bicyclic) bond motifs is 1. The Labute approximate surface area is 75.6 Å². The predicted molar refractivity (Wildman–Crippen MR) is 40.7 cm³/mol. The van der Waals surface area contributed by atoms with Gasteiger partial charge in [0.2, 0.25) is 0 Å². The van der Waals surface area contributed by atoms with Gasteiger partial charge >= 0.3 is 0 Å². The lowest BCUT2D eigenvalue weighted by atomic mass is 10.2. The zero-order chi connectivity index (χ0) is 9.64. The summed E-state index contributed by atoms with van der Waals surface area (Å²) in [4.78, 5) is 0.